The Hall–Kier alpha value is -0.690. The highest BCUT2D eigenvalue weighted by molar-refractivity contribution is 6.30. The van der Waals surface area contributed by atoms with Crippen molar-refractivity contribution in [2.45, 2.75) is 33.2 Å². The number of nitrogens with one attached hydrogen (secondary N) is 1. The Morgan fingerprint density at radius 1 is 1.15 bits per heavy atom. The predicted molar refractivity (Wildman–Crippen MR) is 59.6 cm³/mol. The molecule has 1 N–H and O–H groups in total. The van der Waals surface area contributed by atoms with Crippen molar-refractivity contribution in [2.24, 2.45) is 0 Å². The van der Waals surface area contributed by atoms with E-state index in [9.17, 15) is 0 Å². The van der Waals surface area contributed by atoms with E-state index in [2.05, 4.69) is 32.2 Å². The molecule has 0 saturated carbocycles. The maximum atomic E-state index is 5.94. The second-order valence-corrected chi connectivity index (χ2v) is 4.83. The predicted octanol–water partition coefficient (Wildman–Crippen LogP) is 3.86. The van der Waals surface area contributed by atoms with E-state index in [-0.39, 0.29) is 5.54 Å². The van der Waals surface area contributed by atoms with Gasteiger partial charge in [-0.1, -0.05) is 11.6 Å². The van der Waals surface area contributed by atoms with E-state index < -0.39 is 0 Å². The van der Waals surface area contributed by atoms with Gasteiger partial charge in [-0.25, -0.2) is 0 Å². The molecule has 0 aliphatic heterocycles. The van der Waals surface area contributed by atoms with Crippen LogP contribution in [0.25, 0.3) is 0 Å². The van der Waals surface area contributed by atoms with E-state index in [0.29, 0.717) is 0 Å². The standard InChI is InChI=1S/C11H16ClN/c1-8-5-9(12)7-10(6-8)13-11(2,3)4/h5-7,13H,1-4H3. The summed E-state index contributed by atoms with van der Waals surface area (Å²) in [4.78, 5) is 0. The second kappa shape index (κ2) is 3.59. The molecule has 0 aromatic heterocycles. The van der Waals surface area contributed by atoms with Crippen LogP contribution in [0.15, 0.2) is 18.2 Å². The Morgan fingerprint density at radius 2 is 1.77 bits per heavy atom. The van der Waals surface area contributed by atoms with Crippen molar-refractivity contribution in [3.8, 4) is 0 Å². The summed E-state index contributed by atoms with van der Waals surface area (Å²) in [5, 5.41) is 4.16. The van der Waals surface area contributed by atoms with Gasteiger partial charge in [0, 0.05) is 16.2 Å². The highest BCUT2D eigenvalue weighted by Crippen LogP contribution is 2.21. The van der Waals surface area contributed by atoms with E-state index in [0.717, 1.165) is 10.7 Å². The monoisotopic (exact) mass is 197 g/mol. The number of hydrogen-bond acceptors (Lipinski definition) is 1. The average Bonchev–Trinajstić information content (AvgIpc) is 1.78. The molecule has 0 amide bonds. The van der Waals surface area contributed by atoms with Crippen LogP contribution in [0.5, 0.6) is 0 Å². The van der Waals surface area contributed by atoms with Gasteiger partial charge in [0.05, 0.1) is 0 Å². The molecule has 0 aliphatic rings. The van der Waals surface area contributed by atoms with Crippen LogP contribution in [0.2, 0.25) is 5.02 Å². The summed E-state index contributed by atoms with van der Waals surface area (Å²) in [7, 11) is 0. The fourth-order valence-corrected chi connectivity index (χ4v) is 1.53. The van der Waals surface area contributed by atoms with Crippen molar-refractivity contribution in [2.75, 3.05) is 5.32 Å². The molecule has 0 atom stereocenters. The molecule has 0 fully saturated rings. The number of aryl methyl sites for hydroxylation is 1. The number of benzene rings is 1. The zero-order chi connectivity index (χ0) is 10.1. The van der Waals surface area contributed by atoms with Gasteiger partial charge in [0.1, 0.15) is 0 Å². The van der Waals surface area contributed by atoms with Gasteiger partial charge in [-0.05, 0) is 51.5 Å². The summed E-state index contributed by atoms with van der Waals surface area (Å²) in [6.07, 6.45) is 0. The van der Waals surface area contributed by atoms with E-state index in [1.165, 1.54) is 5.56 Å². The molecular formula is C11H16ClN. The molecule has 0 bridgehead atoms. The van der Waals surface area contributed by atoms with Gasteiger partial charge in [0.25, 0.3) is 0 Å². The minimum absolute atomic E-state index is 0.0805. The lowest BCUT2D eigenvalue weighted by Crippen LogP contribution is -2.25. The zero-order valence-corrected chi connectivity index (χ0v) is 9.37. The smallest absolute Gasteiger partial charge is 0.0429 e. The molecule has 1 aromatic carbocycles. The van der Waals surface area contributed by atoms with Crippen molar-refractivity contribution in [3.05, 3.63) is 28.8 Å². The van der Waals surface area contributed by atoms with Crippen molar-refractivity contribution < 1.29 is 0 Å². The summed E-state index contributed by atoms with van der Waals surface area (Å²) in [6, 6.07) is 5.99. The van der Waals surface area contributed by atoms with Crippen molar-refractivity contribution in [1.29, 1.82) is 0 Å². The Bertz CT molecular complexity index is 279. The number of hydrogen-bond donors (Lipinski definition) is 1. The quantitative estimate of drug-likeness (QED) is 0.721. The SMILES string of the molecule is Cc1cc(Cl)cc(NC(C)(C)C)c1. The van der Waals surface area contributed by atoms with E-state index in [4.69, 9.17) is 11.6 Å². The van der Waals surface area contributed by atoms with Crippen molar-refractivity contribution in [3.63, 3.8) is 0 Å². The normalized spacial score (nSPS) is 11.5. The third-order valence-electron chi connectivity index (χ3n) is 1.56. The van der Waals surface area contributed by atoms with Gasteiger partial charge in [0.15, 0.2) is 0 Å². The topological polar surface area (TPSA) is 12.0 Å². The summed E-state index contributed by atoms with van der Waals surface area (Å²) in [5.74, 6) is 0. The van der Waals surface area contributed by atoms with Crippen molar-refractivity contribution >= 4 is 17.3 Å². The van der Waals surface area contributed by atoms with E-state index in [1.807, 2.05) is 19.1 Å². The summed E-state index contributed by atoms with van der Waals surface area (Å²) < 4.78 is 0. The molecule has 2 heteroatoms. The molecule has 72 valence electrons. The average molecular weight is 198 g/mol. The van der Waals surface area contributed by atoms with Gasteiger partial charge < -0.3 is 5.32 Å². The first kappa shape index (κ1) is 10.4. The summed E-state index contributed by atoms with van der Waals surface area (Å²) in [5.41, 5.74) is 2.34. The number of halogens is 1. The third-order valence-corrected chi connectivity index (χ3v) is 1.78. The van der Waals surface area contributed by atoms with Crippen LogP contribution in [-0.4, -0.2) is 5.54 Å². The molecular weight excluding hydrogens is 182 g/mol. The molecule has 1 aromatic rings. The van der Waals surface area contributed by atoms with Gasteiger partial charge >= 0.3 is 0 Å². The first-order chi connectivity index (χ1) is 5.87. The van der Waals surface area contributed by atoms with E-state index >= 15 is 0 Å². The van der Waals surface area contributed by atoms with Gasteiger partial charge in [-0.15, -0.1) is 0 Å². The molecule has 1 rings (SSSR count). The summed E-state index contributed by atoms with van der Waals surface area (Å²) in [6.45, 7) is 8.43. The molecule has 0 spiro atoms. The van der Waals surface area contributed by atoms with Crippen LogP contribution in [0.3, 0.4) is 0 Å². The van der Waals surface area contributed by atoms with Crippen LogP contribution < -0.4 is 5.32 Å². The Kier molecular flexibility index (Phi) is 2.87. The minimum atomic E-state index is 0.0805. The van der Waals surface area contributed by atoms with Crippen LogP contribution in [0.1, 0.15) is 26.3 Å². The lowest BCUT2D eigenvalue weighted by Gasteiger charge is -2.22. The van der Waals surface area contributed by atoms with Crippen LogP contribution in [0, 0.1) is 6.92 Å². The lowest BCUT2D eigenvalue weighted by atomic mass is 10.1. The molecule has 0 heterocycles. The number of rotatable bonds is 1. The van der Waals surface area contributed by atoms with E-state index in [1.54, 1.807) is 0 Å². The Morgan fingerprint density at radius 3 is 2.23 bits per heavy atom. The maximum absolute atomic E-state index is 5.94. The molecule has 0 aliphatic carbocycles. The van der Waals surface area contributed by atoms with Gasteiger partial charge in [0.2, 0.25) is 0 Å². The Labute approximate surface area is 85.1 Å². The lowest BCUT2D eigenvalue weighted by molar-refractivity contribution is 0.634. The minimum Gasteiger partial charge on any atom is -0.380 e. The van der Waals surface area contributed by atoms with Crippen molar-refractivity contribution in [1.82, 2.24) is 0 Å². The number of anilines is 1. The van der Waals surface area contributed by atoms with Gasteiger partial charge in [-0.3, -0.25) is 0 Å². The van der Waals surface area contributed by atoms with Crippen LogP contribution in [0.4, 0.5) is 5.69 Å². The maximum Gasteiger partial charge on any atom is 0.0429 e. The highest BCUT2D eigenvalue weighted by Gasteiger charge is 2.09. The first-order valence-corrected chi connectivity index (χ1v) is 4.80. The molecule has 0 saturated heterocycles. The van der Waals surface area contributed by atoms with Crippen LogP contribution >= 0.6 is 11.6 Å². The Balaban J connectivity index is 2.90. The fourth-order valence-electron chi connectivity index (χ4n) is 1.24. The third kappa shape index (κ3) is 3.69. The van der Waals surface area contributed by atoms with Crippen LogP contribution in [-0.2, 0) is 0 Å². The summed E-state index contributed by atoms with van der Waals surface area (Å²) >= 11 is 5.94. The molecule has 0 unspecified atom stereocenters. The first-order valence-electron chi connectivity index (χ1n) is 4.42. The molecule has 1 nitrogen and oxygen atoms in total. The molecule has 13 heavy (non-hydrogen) atoms. The highest BCUT2D eigenvalue weighted by atomic mass is 35.5. The van der Waals surface area contributed by atoms with Gasteiger partial charge in [-0.2, -0.15) is 0 Å². The molecule has 0 radical (unpaired) electrons. The largest absolute Gasteiger partial charge is 0.380 e. The fraction of sp³-hybridized carbons (Fsp3) is 0.455. The second-order valence-electron chi connectivity index (χ2n) is 4.39. The zero-order valence-electron chi connectivity index (χ0n) is 8.61.